The van der Waals surface area contributed by atoms with E-state index in [1.54, 1.807) is 42.5 Å². The first-order valence-electron chi connectivity index (χ1n) is 11.5. The number of rotatable bonds is 4. The second-order valence-electron chi connectivity index (χ2n) is 8.37. The fourth-order valence-electron chi connectivity index (χ4n) is 4.03. The molecule has 4 aromatic rings. The first-order chi connectivity index (χ1) is 17.8. The highest BCUT2D eigenvalue weighted by Crippen LogP contribution is 2.34. The Kier molecular flexibility index (Phi) is 6.53. The largest absolute Gasteiger partial charge is 0.438 e. The van der Waals surface area contributed by atoms with Crippen LogP contribution in [0.4, 0.5) is 35.2 Å². The van der Waals surface area contributed by atoms with Crippen molar-refractivity contribution in [1.82, 2.24) is 9.97 Å². The van der Waals surface area contributed by atoms with Crippen LogP contribution in [0.15, 0.2) is 71.3 Å². The Hall–Kier alpha value is -4.38. The number of halogens is 3. The molecule has 0 saturated heterocycles. The number of benzene rings is 2. The molecule has 0 saturated carbocycles. The lowest BCUT2D eigenvalue weighted by molar-refractivity contribution is -0.137. The smallest absolute Gasteiger partial charge is 0.416 e. The quantitative estimate of drug-likeness (QED) is 0.323. The van der Waals surface area contributed by atoms with E-state index in [1.165, 1.54) is 17.2 Å². The number of aliphatic hydroxyl groups excluding tert-OH is 1. The van der Waals surface area contributed by atoms with Crippen molar-refractivity contribution in [3.63, 3.8) is 0 Å². The van der Waals surface area contributed by atoms with Crippen molar-refractivity contribution in [1.29, 1.82) is 0 Å². The predicted molar refractivity (Wildman–Crippen MR) is 132 cm³/mol. The van der Waals surface area contributed by atoms with Crippen LogP contribution in [-0.2, 0) is 12.8 Å². The van der Waals surface area contributed by atoms with Crippen LogP contribution in [0.3, 0.4) is 0 Å². The van der Waals surface area contributed by atoms with E-state index >= 15 is 0 Å². The number of nitrogens with zero attached hydrogens (tertiary/aromatic N) is 3. The molecular weight excluding hydrogens is 487 g/mol. The minimum absolute atomic E-state index is 0.181. The van der Waals surface area contributed by atoms with Gasteiger partial charge in [-0.15, -0.1) is 0 Å². The molecule has 0 unspecified atom stereocenters. The first kappa shape index (κ1) is 24.3. The molecule has 1 aliphatic rings. The maximum atomic E-state index is 13.3. The summed E-state index contributed by atoms with van der Waals surface area (Å²) in [6, 6.07) is 14.8. The molecule has 0 spiro atoms. The van der Waals surface area contributed by atoms with E-state index in [-0.39, 0.29) is 12.5 Å². The molecule has 37 heavy (non-hydrogen) atoms. The summed E-state index contributed by atoms with van der Waals surface area (Å²) in [6.45, 7) is 0.635. The first-order valence-corrected chi connectivity index (χ1v) is 11.5. The van der Waals surface area contributed by atoms with Crippen LogP contribution in [0.2, 0.25) is 0 Å². The summed E-state index contributed by atoms with van der Waals surface area (Å²) < 4.78 is 45.2. The van der Waals surface area contributed by atoms with E-state index in [1.807, 2.05) is 0 Å². The molecule has 0 radical (unpaired) electrons. The highest BCUT2D eigenvalue weighted by molar-refractivity contribution is 6.03. The summed E-state index contributed by atoms with van der Waals surface area (Å²) >= 11 is 0. The van der Waals surface area contributed by atoms with Gasteiger partial charge in [0.2, 0.25) is 5.89 Å². The van der Waals surface area contributed by atoms with Crippen LogP contribution < -0.4 is 15.5 Å². The van der Waals surface area contributed by atoms with E-state index in [2.05, 4.69) is 20.6 Å². The molecule has 5 rings (SSSR count). The molecule has 2 aromatic heterocycles. The molecule has 11 heteroatoms. The van der Waals surface area contributed by atoms with E-state index < -0.39 is 17.8 Å². The van der Waals surface area contributed by atoms with Crippen molar-refractivity contribution < 1.29 is 27.5 Å². The van der Waals surface area contributed by atoms with Crippen LogP contribution >= 0.6 is 0 Å². The number of oxazole rings is 1. The van der Waals surface area contributed by atoms with Gasteiger partial charge in [0.1, 0.15) is 6.61 Å². The lowest BCUT2D eigenvalue weighted by atomic mass is 10.1. The summed E-state index contributed by atoms with van der Waals surface area (Å²) in [5.41, 5.74) is 1.61. The zero-order valence-corrected chi connectivity index (χ0v) is 19.4. The Balaban J connectivity index is 1.43. The van der Waals surface area contributed by atoms with E-state index in [9.17, 15) is 23.1 Å². The topological polar surface area (TPSA) is 104 Å². The van der Waals surface area contributed by atoms with Crippen molar-refractivity contribution in [2.75, 3.05) is 28.6 Å². The van der Waals surface area contributed by atoms with E-state index in [4.69, 9.17) is 4.42 Å². The molecule has 1 aliphatic heterocycles. The zero-order valence-electron chi connectivity index (χ0n) is 19.4. The zero-order chi connectivity index (χ0) is 26.0. The number of pyridine rings is 1. The average Bonchev–Trinajstić information content (AvgIpc) is 3.28. The van der Waals surface area contributed by atoms with Gasteiger partial charge in [0.25, 0.3) is 0 Å². The SMILES string of the molecule is O=C(Nc1cccc(-c2cnc(CO)o2)c1)N1CCCNc2ccc(-c3cccc(C(F)(F)F)c3)nc21. The van der Waals surface area contributed by atoms with Gasteiger partial charge >= 0.3 is 12.2 Å². The second-order valence-corrected chi connectivity index (χ2v) is 8.37. The van der Waals surface area contributed by atoms with E-state index in [0.717, 1.165) is 12.1 Å². The molecule has 0 bridgehead atoms. The van der Waals surface area contributed by atoms with Crippen molar-refractivity contribution in [3.8, 4) is 22.6 Å². The lowest BCUT2D eigenvalue weighted by Crippen LogP contribution is -2.36. The molecule has 0 atom stereocenters. The Morgan fingerprint density at radius 3 is 2.70 bits per heavy atom. The van der Waals surface area contributed by atoms with Gasteiger partial charge in [0.05, 0.1) is 23.1 Å². The van der Waals surface area contributed by atoms with Gasteiger partial charge in [0.15, 0.2) is 11.6 Å². The number of carbonyl (C=O) groups excluding carboxylic acids is 1. The summed E-state index contributed by atoms with van der Waals surface area (Å²) in [5.74, 6) is 0.946. The highest BCUT2D eigenvalue weighted by atomic mass is 19.4. The number of urea groups is 1. The van der Waals surface area contributed by atoms with Gasteiger partial charge in [-0.05, 0) is 42.8 Å². The van der Waals surface area contributed by atoms with Gasteiger partial charge in [-0.2, -0.15) is 13.2 Å². The van der Waals surface area contributed by atoms with Crippen LogP contribution in [0, 0.1) is 0 Å². The number of fused-ring (bicyclic) bond motifs is 1. The van der Waals surface area contributed by atoms with Crippen LogP contribution in [0.1, 0.15) is 17.9 Å². The number of hydrogen-bond acceptors (Lipinski definition) is 6. The average molecular weight is 509 g/mol. The van der Waals surface area contributed by atoms with Gasteiger partial charge < -0.3 is 20.2 Å². The highest BCUT2D eigenvalue weighted by Gasteiger charge is 2.31. The number of hydrogen-bond donors (Lipinski definition) is 3. The fourth-order valence-corrected chi connectivity index (χ4v) is 4.03. The van der Waals surface area contributed by atoms with Gasteiger partial charge in [0, 0.05) is 29.9 Å². The molecule has 0 aliphatic carbocycles. The Labute approximate surface area is 209 Å². The minimum Gasteiger partial charge on any atom is -0.438 e. The van der Waals surface area contributed by atoms with Gasteiger partial charge in [-0.1, -0.05) is 24.3 Å². The van der Waals surface area contributed by atoms with Crippen LogP contribution in [-0.4, -0.2) is 34.2 Å². The number of anilines is 3. The molecule has 190 valence electrons. The summed E-state index contributed by atoms with van der Waals surface area (Å²) in [5, 5.41) is 15.3. The Morgan fingerprint density at radius 2 is 1.92 bits per heavy atom. The lowest BCUT2D eigenvalue weighted by Gasteiger charge is -2.22. The van der Waals surface area contributed by atoms with Crippen molar-refractivity contribution >= 4 is 23.2 Å². The standard InChI is InChI=1S/C26H22F3N5O3/c27-26(28,29)18-6-1-4-16(12-18)20-8-9-21-24(33-20)34(11-3-10-30-21)25(36)32-19-7-2-5-17(13-19)22-14-31-23(15-35)37-22/h1-2,4-9,12-14,30,35H,3,10-11,15H2,(H,32,36). The fraction of sp³-hybridized carbons (Fsp3) is 0.192. The maximum absolute atomic E-state index is 13.3. The minimum atomic E-state index is -4.48. The number of aliphatic hydroxyl groups is 1. The summed E-state index contributed by atoms with van der Waals surface area (Å²) in [4.78, 5) is 23.4. The summed E-state index contributed by atoms with van der Waals surface area (Å²) in [6.07, 6.45) is -2.35. The number of amides is 2. The molecule has 3 heterocycles. The number of alkyl halides is 3. The normalized spacial score (nSPS) is 13.5. The van der Waals surface area contributed by atoms with Crippen molar-refractivity contribution in [2.45, 2.75) is 19.2 Å². The third-order valence-corrected chi connectivity index (χ3v) is 5.82. The second kappa shape index (κ2) is 9.94. The third-order valence-electron chi connectivity index (χ3n) is 5.82. The number of aromatic nitrogens is 2. The van der Waals surface area contributed by atoms with Crippen LogP contribution in [0.25, 0.3) is 22.6 Å². The third kappa shape index (κ3) is 5.26. The van der Waals surface area contributed by atoms with E-state index in [0.29, 0.717) is 59.3 Å². The molecule has 8 nitrogen and oxygen atoms in total. The van der Waals surface area contributed by atoms with Crippen molar-refractivity contribution in [2.24, 2.45) is 0 Å². The van der Waals surface area contributed by atoms with Gasteiger partial charge in [-0.25, -0.2) is 14.8 Å². The summed E-state index contributed by atoms with van der Waals surface area (Å²) in [7, 11) is 0. The van der Waals surface area contributed by atoms with Crippen molar-refractivity contribution in [3.05, 3.63) is 78.3 Å². The number of carbonyl (C=O) groups is 1. The Bertz CT molecular complexity index is 1440. The Morgan fingerprint density at radius 1 is 1.11 bits per heavy atom. The maximum Gasteiger partial charge on any atom is 0.416 e. The van der Waals surface area contributed by atoms with Gasteiger partial charge in [-0.3, -0.25) is 4.90 Å². The number of nitrogens with one attached hydrogen (secondary N) is 2. The monoisotopic (exact) mass is 509 g/mol. The molecule has 3 N–H and O–H groups in total. The molecule has 2 amide bonds. The molecule has 0 fully saturated rings. The molecule has 2 aromatic carbocycles. The van der Waals surface area contributed by atoms with Crippen LogP contribution in [0.5, 0.6) is 0 Å². The predicted octanol–water partition coefficient (Wildman–Crippen LogP) is 5.77. The molecular formula is C26H22F3N5O3.